The quantitative estimate of drug-likeness (QED) is 0.662. The first-order chi connectivity index (χ1) is 12.7. The van der Waals surface area contributed by atoms with E-state index < -0.39 is 30.5 Å². The number of benzene rings is 1. The van der Waals surface area contributed by atoms with Crippen molar-refractivity contribution in [2.45, 2.75) is 19.1 Å². The van der Waals surface area contributed by atoms with Crippen LogP contribution in [0.25, 0.3) is 10.9 Å². The van der Waals surface area contributed by atoms with Crippen LogP contribution in [0.4, 0.5) is 17.6 Å². The second-order valence-electron chi connectivity index (χ2n) is 5.79. The Hall–Kier alpha value is -3.17. The van der Waals surface area contributed by atoms with Crippen LogP contribution in [0, 0.1) is 5.82 Å². The summed E-state index contributed by atoms with van der Waals surface area (Å²) in [4.78, 5) is 22.8. The summed E-state index contributed by atoms with van der Waals surface area (Å²) >= 11 is 0. The predicted molar refractivity (Wildman–Crippen MR) is 87.7 cm³/mol. The number of hydrogen-bond acceptors (Lipinski definition) is 4. The van der Waals surface area contributed by atoms with E-state index in [0.29, 0.717) is 16.6 Å². The summed E-state index contributed by atoms with van der Waals surface area (Å²) in [5.41, 5.74) is 1.06. The molecule has 1 atom stereocenters. The van der Waals surface area contributed by atoms with Gasteiger partial charge in [-0.15, -0.1) is 0 Å². The Balaban J connectivity index is 1.65. The van der Waals surface area contributed by atoms with Crippen molar-refractivity contribution in [1.29, 1.82) is 0 Å². The number of carbonyl (C=O) groups is 1. The molecule has 0 radical (unpaired) electrons. The summed E-state index contributed by atoms with van der Waals surface area (Å²) in [5.74, 6) is -1.14. The minimum absolute atomic E-state index is 0.237. The molecule has 10 heteroatoms. The first-order valence-electron chi connectivity index (χ1n) is 7.82. The number of fused-ring (bicyclic) bond motifs is 1. The molecule has 3 aromatic rings. The Labute approximate surface area is 150 Å². The van der Waals surface area contributed by atoms with E-state index in [2.05, 4.69) is 25.0 Å². The molecule has 0 aliphatic heterocycles. The van der Waals surface area contributed by atoms with Crippen LogP contribution in [0.15, 0.2) is 36.7 Å². The maximum Gasteiger partial charge on any atom is 0.422 e. The highest BCUT2D eigenvalue weighted by Crippen LogP contribution is 2.19. The van der Waals surface area contributed by atoms with Gasteiger partial charge >= 0.3 is 6.18 Å². The van der Waals surface area contributed by atoms with E-state index in [-0.39, 0.29) is 11.6 Å². The van der Waals surface area contributed by atoms with Crippen molar-refractivity contribution < 1.29 is 27.1 Å². The standard InChI is InChI=1S/C17H14F4N4O2/c1-9(14-6-23-15(7-22-14)27-8-17(19,20)21)24-16(26)13-4-10-2-3-11(18)5-12(10)25-13/h2-7,9,25H,8H2,1H3,(H,24,26). The Kier molecular flexibility index (Phi) is 4.98. The average molecular weight is 382 g/mol. The summed E-state index contributed by atoms with van der Waals surface area (Å²) in [7, 11) is 0. The number of aromatic nitrogens is 3. The van der Waals surface area contributed by atoms with Crippen molar-refractivity contribution in [2.24, 2.45) is 0 Å². The van der Waals surface area contributed by atoms with Crippen LogP contribution in [0.3, 0.4) is 0 Å². The molecule has 6 nitrogen and oxygen atoms in total. The molecule has 0 saturated heterocycles. The number of aromatic amines is 1. The number of nitrogens with one attached hydrogen (secondary N) is 2. The predicted octanol–water partition coefficient (Wildman–Crippen LogP) is 3.53. The third kappa shape index (κ3) is 4.72. The molecule has 1 unspecified atom stereocenters. The largest absolute Gasteiger partial charge is 0.467 e. The topological polar surface area (TPSA) is 79.9 Å². The normalized spacial score (nSPS) is 12.8. The van der Waals surface area contributed by atoms with Crippen LogP contribution in [0.2, 0.25) is 0 Å². The smallest absolute Gasteiger partial charge is 0.422 e. The summed E-state index contributed by atoms with van der Waals surface area (Å²) in [6.07, 6.45) is -2.20. The molecule has 142 valence electrons. The number of ether oxygens (including phenoxy) is 1. The number of H-pyrrole nitrogens is 1. The molecule has 2 heterocycles. The van der Waals surface area contributed by atoms with E-state index in [1.54, 1.807) is 19.1 Å². The zero-order chi connectivity index (χ0) is 19.6. The number of amides is 1. The van der Waals surface area contributed by atoms with Gasteiger partial charge in [-0.2, -0.15) is 13.2 Å². The van der Waals surface area contributed by atoms with E-state index >= 15 is 0 Å². The first kappa shape index (κ1) is 18.6. The van der Waals surface area contributed by atoms with Crippen molar-refractivity contribution >= 4 is 16.8 Å². The average Bonchev–Trinajstić information content (AvgIpc) is 3.03. The van der Waals surface area contributed by atoms with Crippen LogP contribution in [0.5, 0.6) is 5.88 Å². The van der Waals surface area contributed by atoms with Crippen LogP contribution in [-0.2, 0) is 0 Å². The minimum atomic E-state index is -4.47. The van der Waals surface area contributed by atoms with E-state index in [9.17, 15) is 22.4 Å². The molecule has 27 heavy (non-hydrogen) atoms. The summed E-state index contributed by atoms with van der Waals surface area (Å²) < 4.78 is 54.0. The van der Waals surface area contributed by atoms with E-state index in [0.717, 1.165) is 6.20 Å². The number of rotatable bonds is 5. The van der Waals surface area contributed by atoms with Gasteiger partial charge in [0.15, 0.2) is 6.61 Å². The molecule has 2 aromatic heterocycles. The Morgan fingerprint density at radius 3 is 2.70 bits per heavy atom. The lowest BCUT2D eigenvalue weighted by Gasteiger charge is -2.13. The van der Waals surface area contributed by atoms with Crippen molar-refractivity contribution in [3.05, 3.63) is 53.9 Å². The highest BCUT2D eigenvalue weighted by molar-refractivity contribution is 5.98. The monoisotopic (exact) mass is 382 g/mol. The van der Waals surface area contributed by atoms with Crippen LogP contribution < -0.4 is 10.1 Å². The molecule has 2 N–H and O–H groups in total. The maximum absolute atomic E-state index is 13.2. The van der Waals surface area contributed by atoms with Crippen molar-refractivity contribution in [1.82, 2.24) is 20.3 Å². The van der Waals surface area contributed by atoms with Crippen molar-refractivity contribution in [3.63, 3.8) is 0 Å². The lowest BCUT2D eigenvalue weighted by molar-refractivity contribution is -0.154. The fourth-order valence-electron chi connectivity index (χ4n) is 2.35. The molecule has 0 aliphatic carbocycles. The highest BCUT2D eigenvalue weighted by atomic mass is 19.4. The van der Waals surface area contributed by atoms with E-state index in [1.165, 1.54) is 18.3 Å². The van der Waals surface area contributed by atoms with Gasteiger partial charge in [-0.05, 0) is 31.2 Å². The molecule has 1 aromatic carbocycles. The van der Waals surface area contributed by atoms with Crippen LogP contribution in [0.1, 0.15) is 29.1 Å². The molecular weight excluding hydrogens is 368 g/mol. The number of carbonyl (C=O) groups excluding carboxylic acids is 1. The molecule has 0 fully saturated rings. The fraction of sp³-hybridized carbons (Fsp3) is 0.235. The van der Waals surface area contributed by atoms with Gasteiger partial charge in [0, 0.05) is 10.9 Å². The van der Waals surface area contributed by atoms with Gasteiger partial charge in [-0.25, -0.2) is 9.37 Å². The van der Waals surface area contributed by atoms with Crippen molar-refractivity contribution in [3.8, 4) is 5.88 Å². The molecule has 0 bridgehead atoms. The lowest BCUT2D eigenvalue weighted by Crippen LogP contribution is -2.27. The SMILES string of the molecule is CC(NC(=O)c1cc2ccc(F)cc2[nH]1)c1cnc(OCC(F)(F)F)cn1. The molecule has 0 saturated carbocycles. The van der Waals surface area contributed by atoms with Gasteiger partial charge in [0.2, 0.25) is 5.88 Å². The van der Waals surface area contributed by atoms with Crippen molar-refractivity contribution in [2.75, 3.05) is 6.61 Å². The maximum atomic E-state index is 13.2. The summed E-state index contributed by atoms with van der Waals surface area (Å²) in [6.45, 7) is 0.175. The number of alkyl halides is 3. The first-order valence-corrected chi connectivity index (χ1v) is 7.82. The molecular formula is C17H14F4N4O2. The van der Waals surface area contributed by atoms with Gasteiger partial charge in [-0.3, -0.25) is 9.78 Å². The van der Waals surface area contributed by atoms with Gasteiger partial charge in [0.25, 0.3) is 5.91 Å². The second-order valence-corrected chi connectivity index (χ2v) is 5.79. The molecule has 0 spiro atoms. The third-order valence-corrected chi connectivity index (χ3v) is 3.65. The summed E-state index contributed by atoms with van der Waals surface area (Å²) in [6, 6.07) is 5.13. The van der Waals surface area contributed by atoms with E-state index in [1.807, 2.05) is 0 Å². The molecule has 3 rings (SSSR count). The Bertz CT molecular complexity index is 954. The minimum Gasteiger partial charge on any atom is -0.467 e. The number of nitrogens with zero attached hydrogens (tertiary/aromatic N) is 2. The third-order valence-electron chi connectivity index (χ3n) is 3.65. The highest BCUT2D eigenvalue weighted by Gasteiger charge is 2.28. The zero-order valence-electron chi connectivity index (χ0n) is 14.0. The zero-order valence-corrected chi connectivity index (χ0v) is 14.0. The molecule has 0 aliphatic rings. The van der Waals surface area contributed by atoms with E-state index in [4.69, 9.17) is 0 Å². The fourth-order valence-corrected chi connectivity index (χ4v) is 2.35. The van der Waals surface area contributed by atoms with Gasteiger partial charge in [0.05, 0.1) is 24.1 Å². The van der Waals surface area contributed by atoms with Gasteiger partial charge in [-0.1, -0.05) is 0 Å². The van der Waals surface area contributed by atoms with Gasteiger partial charge in [0.1, 0.15) is 11.5 Å². The molecule has 1 amide bonds. The summed E-state index contributed by atoms with van der Waals surface area (Å²) in [5, 5.41) is 3.36. The number of hydrogen-bond donors (Lipinski definition) is 2. The lowest BCUT2D eigenvalue weighted by atomic mass is 10.2. The Morgan fingerprint density at radius 2 is 2.04 bits per heavy atom. The second kappa shape index (κ2) is 7.22. The van der Waals surface area contributed by atoms with Crippen LogP contribution >= 0.6 is 0 Å². The van der Waals surface area contributed by atoms with Gasteiger partial charge < -0.3 is 15.0 Å². The van der Waals surface area contributed by atoms with Crippen LogP contribution in [-0.4, -0.2) is 33.6 Å². The Morgan fingerprint density at radius 1 is 1.26 bits per heavy atom. The number of halogens is 4.